The molecule has 0 atom stereocenters. The monoisotopic (exact) mass is 370 g/mol. The third-order valence-electron chi connectivity index (χ3n) is 3.06. The summed E-state index contributed by atoms with van der Waals surface area (Å²) in [4.78, 5) is 25.5. The van der Waals surface area contributed by atoms with Gasteiger partial charge in [0.2, 0.25) is 10.0 Å². The smallest absolute Gasteiger partial charge is 0.293 e. The van der Waals surface area contributed by atoms with Crippen LogP contribution in [-0.2, 0) is 14.8 Å². The van der Waals surface area contributed by atoms with Crippen molar-refractivity contribution in [3.63, 3.8) is 0 Å². The van der Waals surface area contributed by atoms with Crippen molar-refractivity contribution in [3.8, 4) is 5.75 Å². The number of carbonyl (C=O) groups is 2. The fourth-order valence-corrected chi connectivity index (χ4v) is 3.34. The van der Waals surface area contributed by atoms with E-state index in [-0.39, 0.29) is 13.1 Å². The van der Waals surface area contributed by atoms with E-state index in [9.17, 15) is 18.0 Å². The van der Waals surface area contributed by atoms with Gasteiger partial charge >= 0.3 is 0 Å². The van der Waals surface area contributed by atoms with Gasteiger partial charge in [-0.3, -0.25) is 14.5 Å². The molecule has 0 radical (unpaired) electrons. The number of benzene rings is 1. The SMILES string of the molecule is CCOc1ccc(/C=C2\SC(=O)N(CCNS(C)(=O)=O)C2=O)cc1. The van der Waals surface area contributed by atoms with E-state index in [1.54, 1.807) is 30.3 Å². The summed E-state index contributed by atoms with van der Waals surface area (Å²) in [6, 6.07) is 7.17. The fourth-order valence-electron chi connectivity index (χ4n) is 2.01. The van der Waals surface area contributed by atoms with Gasteiger partial charge in [0.15, 0.2) is 0 Å². The molecule has 1 heterocycles. The zero-order valence-electron chi connectivity index (χ0n) is 13.3. The first-order valence-electron chi connectivity index (χ1n) is 7.23. The van der Waals surface area contributed by atoms with Gasteiger partial charge in [0.05, 0.1) is 17.8 Å². The average molecular weight is 370 g/mol. The molecule has 0 bridgehead atoms. The summed E-state index contributed by atoms with van der Waals surface area (Å²) in [5, 5.41) is -0.410. The Bertz CT molecular complexity index is 757. The molecule has 0 aromatic heterocycles. The molecule has 1 aromatic rings. The van der Waals surface area contributed by atoms with Crippen LogP contribution in [-0.4, -0.2) is 50.4 Å². The van der Waals surface area contributed by atoms with Crippen LogP contribution in [0.3, 0.4) is 0 Å². The zero-order chi connectivity index (χ0) is 17.7. The van der Waals surface area contributed by atoms with Crippen molar-refractivity contribution < 1.29 is 22.7 Å². The van der Waals surface area contributed by atoms with Crippen LogP contribution < -0.4 is 9.46 Å². The van der Waals surface area contributed by atoms with E-state index in [2.05, 4.69) is 4.72 Å². The molecular weight excluding hydrogens is 352 g/mol. The number of imide groups is 1. The number of nitrogens with zero attached hydrogens (tertiary/aromatic N) is 1. The Kier molecular flexibility index (Phi) is 6.03. The molecule has 1 aliphatic heterocycles. The molecule has 2 amide bonds. The molecule has 7 nitrogen and oxygen atoms in total. The maximum Gasteiger partial charge on any atom is 0.293 e. The second-order valence-electron chi connectivity index (χ2n) is 5.00. The average Bonchev–Trinajstić information content (AvgIpc) is 2.76. The molecule has 1 fully saturated rings. The second kappa shape index (κ2) is 7.82. The number of carbonyl (C=O) groups excluding carboxylic acids is 2. The van der Waals surface area contributed by atoms with Crippen LogP contribution in [0.25, 0.3) is 6.08 Å². The largest absolute Gasteiger partial charge is 0.494 e. The van der Waals surface area contributed by atoms with Gasteiger partial charge < -0.3 is 4.74 Å². The predicted molar refractivity (Wildman–Crippen MR) is 93.1 cm³/mol. The number of thioether (sulfide) groups is 1. The highest BCUT2D eigenvalue weighted by Crippen LogP contribution is 2.32. The van der Waals surface area contributed by atoms with Gasteiger partial charge in [-0.2, -0.15) is 0 Å². The Morgan fingerprint density at radius 3 is 2.50 bits per heavy atom. The molecule has 0 unspecified atom stereocenters. The van der Waals surface area contributed by atoms with Crippen LogP contribution in [0.4, 0.5) is 4.79 Å². The molecule has 0 saturated carbocycles. The van der Waals surface area contributed by atoms with Crippen molar-refractivity contribution in [2.24, 2.45) is 0 Å². The fraction of sp³-hybridized carbons (Fsp3) is 0.333. The van der Waals surface area contributed by atoms with Gasteiger partial charge in [-0.15, -0.1) is 0 Å². The lowest BCUT2D eigenvalue weighted by Crippen LogP contribution is -2.36. The summed E-state index contributed by atoms with van der Waals surface area (Å²) in [5.74, 6) is 0.309. The van der Waals surface area contributed by atoms with Gasteiger partial charge in [0.1, 0.15) is 5.75 Å². The van der Waals surface area contributed by atoms with Crippen molar-refractivity contribution in [1.82, 2.24) is 9.62 Å². The van der Waals surface area contributed by atoms with E-state index in [1.807, 2.05) is 6.92 Å². The van der Waals surface area contributed by atoms with Crippen LogP contribution in [0, 0.1) is 0 Å². The standard InChI is InChI=1S/C15H18N2O5S2/c1-3-22-12-6-4-11(5-7-12)10-13-14(18)17(15(19)23-13)9-8-16-24(2,20)21/h4-7,10,16H,3,8-9H2,1-2H3/b13-10-. The van der Waals surface area contributed by atoms with E-state index in [0.717, 1.165) is 34.2 Å². The number of sulfonamides is 1. The molecular formula is C15H18N2O5S2. The number of hydrogen-bond acceptors (Lipinski definition) is 6. The van der Waals surface area contributed by atoms with E-state index in [0.29, 0.717) is 11.5 Å². The summed E-state index contributed by atoms with van der Waals surface area (Å²) < 4.78 is 29.6. The first-order valence-corrected chi connectivity index (χ1v) is 9.94. The summed E-state index contributed by atoms with van der Waals surface area (Å²) in [6.07, 6.45) is 2.65. The minimum Gasteiger partial charge on any atom is -0.494 e. The second-order valence-corrected chi connectivity index (χ2v) is 7.83. The zero-order valence-corrected chi connectivity index (χ0v) is 14.9. The van der Waals surface area contributed by atoms with Crippen LogP contribution >= 0.6 is 11.8 Å². The Labute approximate surface area is 145 Å². The summed E-state index contributed by atoms with van der Waals surface area (Å²) in [7, 11) is -3.35. The number of nitrogens with one attached hydrogen (secondary N) is 1. The minimum absolute atomic E-state index is 0.00163. The van der Waals surface area contributed by atoms with Crippen LogP contribution in [0.15, 0.2) is 29.2 Å². The van der Waals surface area contributed by atoms with Crippen molar-refractivity contribution >= 4 is 39.0 Å². The molecule has 1 saturated heterocycles. The van der Waals surface area contributed by atoms with Gasteiger partial charge in [0, 0.05) is 13.1 Å². The Morgan fingerprint density at radius 1 is 1.25 bits per heavy atom. The Balaban J connectivity index is 2.04. The molecule has 9 heteroatoms. The van der Waals surface area contributed by atoms with E-state index in [1.165, 1.54) is 0 Å². The van der Waals surface area contributed by atoms with Crippen molar-refractivity contribution in [2.75, 3.05) is 26.0 Å². The van der Waals surface area contributed by atoms with Gasteiger partial charge in [-0.05, 0) is 42.5 Å². The molecule has 2 rings (SSSR count). The lowest BCUT2D eigenvalue weighted by molar-refractivity contribution is -0.122. The number of ether oxygens (including phenoxy) is 1. The number of amides is 2. The van der Waals surface area contributed by atoms with Crippen molar-refractivity contribution in [2.45, 2.75) is 6.92 Å². The highest BCUT2D eigenvalue weighted by atomic mass is 32.2. The number of hydrogen-bond donors (Lipinski definition) is 1. The lowest BCUT2D eigenvalue weighted by Gasteiger charge is -2.12. The van der Waals surface area contributed by atoms with Crippen molar-refractivity contribution in [3.05, 3.63) is 34.7 Å². The molecule has 0 spiro atoms. The maximum atomic E-state index is 12.3. The minimum atomic E-state index is -3.35. The van der Waals surface area contributed by atoms with Gasteiger partial charge in [0.25, 0.3) is 11.1 Å². The highest BCUT2D eigenvalue weighted by molar-refractivity contribution is 8.18. The van der Waals surface area contributed by atoms with Crippen LogP contribution in [0.5, 0.6) is 5.75 Å². The molecule has 1 N–H and O–H groups in total. The summed E-state index contributed by atoms with van der Waals surface area (Å²) in [5.41, 5.74) is 0.776. The third kappa shape index (κ3) is 5.08. The molecule has 130 valence electrons. The van der Waals surface area contributed by atoms with Gasteiger partial charge in [-0.1, -0.05) is 12.1 Å². The summed E-state index contributed by atoms with van der Waals surface area (Å²) >= 11 is 0.839. The quantitative estimate of drug-likeness (QED) is 0.734. The molecule has 1 aliphatic rings. The Morgan fingerprint density at radius 2 is 1.92 bits per heavy atom. The van der Waals surface area contributed by atoms with Gasteiger partial charge in [-0.25, -0.2) is 13.1 Å². The normalized spacial score (nSPS) is 16.9. The molecule has 1 aromatic carbocycles. The predicted octanol–water partition coefficient (Wildman–Crippen LogP) is 1.67. The van der Waals surface area contributed by atoms with Crippen molar-refractivity contribution in [1.29, 1.82) is 0 Å². The first kappa shape index (κ1) is 18.5. The summed E-state index contributed by atoms with van der Waals surface area (Å²) in [6.45, 7) is 2.45. The molecule has 24 heavy (non-hydrogen) atoms. The topological polar surface area (TPSA) is 92.8 Å². The third-order valence-corrected chi connectivity index (χ3v) is 4.70. The molecule has 0 aliphatic carbocycles. The van der Waals surface area contributed by atoms with E-state index in [4.69, 9.17) is 4.74 Å². The van der Waals surface area contributed by atoms with E-state index < -0.39 is 21.2 Å². The Hall–Kier alpha value is -1.84. The maximum absolute atomic E-state index is 12.3. The highest BCUT2D eigenvalue weighted by Gasteiger charge is 2.34. The lowest BCUT2D eigenvalue weighted by atomic mass is 10.2. The van der Waals surface area contributed by atoms with Crippen LogP contribution in [0.1, 0.15) is 12.5 Å². The first-order chi connectivity index (χ1) is 11.3. The number of rotatable bonds is 7. The van der Waals surface area contributed by atoms with E-state index >= 15 is 0 Å². The van der Waals surface area contributed by atoms with Crippen LogP contribution in [0.2, 0.25) is 0 Å².